The van der Waals surface area contributed by atoms with Crippen LogP contribution in [0.25, 0.3) is 0 Å². The maximum atomic E-state index is 13.4. The van der Waals surface area contributed by atoms with Crippen molar-refractivity contribution >= 4 is 11.9 Å². The minimum atomic E-state index is -0.479. The van der Waals surface area contributed by atoms with Gasteiger partial charge in [-0.1, -0.05) is 76.3 Å². The summed E-state index contributed by atoms with van der Waals surface area (Å²) in [7, 11) is 0. The molecule has 0 fully saturated rings. The lowest BCUT2D eigenvalue weighted by Crippen LogP contribution is -2.23. The molecule has 4 heterocycles. The molecule has 12 nitrogen and oxygen atoms in total. The number of hydrogen-bond donors (Lipinski definition) is 0. The standard InChI is InChI=1S/C50H44O12/c1-25-31-13-32-26(2)37-16-38-28(4)34-14-33-27(3)36-15-35(25)45-39(19-53-49(51)29-9-5-6-10-29)46(36)60-23-57-43(33)18-44(34)58-24-62-48(38)40(20-54-50(52)30-11-7-8-12-30)47(37)61-22-56-42(32)17-41(31)55-21-59-45/h5-18,25-30H,19-24H2,1-4H3/t25-,26+,27+,28-. The summed E-state index contributed by atoms with van der Waals surface area (Å²) in [6, 6.07) is 12.4. The molecule has 0 saturated heterocycles. The highest BCUT2D eigenvalue weighted by atomic mass is 16.7. The molecule has 0 saturated carbocycles. The van der Waals surface area contributed by atoms with Gasteiger partial charge in [0.25, 0.3) is 0 Å². The Morgan fingerprint density at radius 2 is 0.694 bits per heavy atom. The van der Waals surface area contributed by atoms with E-state index in [-0.39, 0.29) is 76.0 Å². The normalized spacial score (nSPS) is 21.9. The van der Waals surface area contributed by atoms with Crippen molar-refractivity contribution in [2.75, 3.05) is 27.2 Å². The van der Waals surface area contributed by atoms with Gasteiger partial charge in [0, 0.05) is 80.3 Å². The number of carbonyl (C=O) groups is 2. The van der Waals surface area contributed by atoms with Crippen LogP contribution < -0.4 is 37.9 Å². The Morgan fingerprint density at radius 3 is 0.984 bits per heavy atom. The van der Waals surface area contributed by atoms with Gasteiger partial charge in [-0.15, -0.1) is 0 Å². The first kappa shape index (κ1) is 38.1. The predicted molar refractivity (Wildman–Crippen MR) is 223 cm³/mol. The fraction of sp³-hybridized carbons (Fsp3) is 0.320. The summed E-state index contributed by atoms with van der Waals surface area (Å²) in [4.78, 5) is 26.7. The number of benzene rings is 4. The van der Waals surface area contributed by atoms with Gasteiger partial charge in [-0.25, -0.2) is 0 Å². The summed E-state index contributed by atoms with van der Waals surface area (Å²) in [5, 5.41) is 0. The van der Waals surface area contributed by atoms with Gasteiger partial charge < -0.3 is 47.4 Å². The van der Waals surface area contributed by atoms with Crippen molar-refractivity contribution in [3.63, 3.8) is 0 Å². The van der Waals surface area contributed by atoms with Crippen molar-refractivity contribution in [1.82, 2.24) is 0 Å². The molecule has 4 atom stereocenters. The minimum Gasteiger partial charge on any atom is -0.460 e. The Bertz CT molecular complexity index is 2360. The van der Waals surface area contributed by atoms with Crippen LogP contribution in [0.3, 0.4) is 0 Å². The fourth-order valence-corrected chi connectivity index (χ4v) is 9.71. The summed E-state index contributed by atoms with van der Waals surface area (Å²) in [5.41, 5.74) is 8.41. The number of rotatable bonds is 6. The first-order valence-electron chi connectivity index (χ1n) is 21.0. The third-order valence-corrected chi connectivity index (χ3v) is 13.2. The molecule has 4 aromatic carbocycles. The molecule has 8 bridgehead atoms. The van der Waals surface area contributed by atoms with Gasteiger partial charge in [-0.3, -0.25) is 9.59 Å². The lowest BCUT2D eigenvalue weighted by Gasteiger charge is -2.34. The van der Waals surface area contributed by atoms with Crippen LogP contribution in [0.1, 0.15) is 107 Å². The Morgan fingerprint density at radius 1 is 0.419 bits per heavy atom. The van der Waals surface area contributed by atoms with Crippen molar-refractivity contribution in [2.24, 2.45) is 11.8 Å². The molecule has 0 N–H and O–H groups in total. The third kappa shape index (κ3) is 6.17. The van der Waals surface area contributed by atoms with Crippen molar-refractivity contribution in [3.05, 3.63) is 141 Å². The minimum absolute atomic E-state index is 0.0995. The smallest absolute Gasteiger partial charge is 0.317 e. The number of hydrogen-bond acceptors (Lipinski definition) is 12. The molecule has 62 heavy (non-hydrogen) atoms. The molecule has 0 spiro atoms. The van der Waals surface area contributed by atoms with E-state index in [1.54, 1.807) is 24.3 Å². The van der Waals surface area contributed by atoms with Crippen LogP contribution in [-0.4, -0.2) is 39.1 Å². The second-order valence-corrected chi connectivity index (χ2v) is 16.6. The van der Waals surface area contributed by atoms with E-state index in [9.17, 15) is 9.59 Å². The highest BCUT2D eigenvalue weighted by Gasteiger charge is 2.37. The maximum absolute atomic E-state index is 13.4. The molecule has 316 valence electrons. The lowest BCUT2D eigenvalue weighted by atomic mass is 9.79. The van der Waals surface area contributed by atoms with E-state index >= 15 is 0 Å². The number of ether oxygens (including phenoxy) is 10. The average Bonchev–Trinajstić information content (AvgIpc) is 4.02. The van der Waals surface area contributed by atoms with Gasteiger partial charge in [0.2, 0.25) is 27.2 Å². The van der Waals surface area contributed by atoms with Crippen molar-refractivity contribution < 1.29 is 57.0 Å². The largest absolute Gasteiger partial charge is 0.460 e. The molecule has 0 radical (unpaired) electrons. The van der Waals surface area contributed by atoms with E-state index in [0.29, 0.717) is 57.1 Å². The summed E-state index contributed by atoms with van der Waals surface area (Å²) < 4.78 is 63.7. The lowest BCUT2D eigenvalue weighted by molar-refractivity contribution is -0.147. The molecule has 0 aromatic heterocycles. The average molecular weight is 837 g/mol. The van der Waals surface area contributed by atoms with Crippen molar-refractivity contribution in [2.45, 2.75) is 64.6 Å². The van der Waals surface area contributed by atoms with E-state index in [0.717, 1.165) is 44.5 Å². The SMILES string of the molecule is C[C@@H]1c2cc3c4cc2OCOc2c1cc1c(c2COC(=O)C2C=CC=C2)OCOc2cc5c(cc2[C@@H]1C)[C@@H](C)c1cc(c(c(COC(=O)C2C=CC=C2)c1OCO5)OCO4)[C@H]3C. The number of carbonyl (C=O) groups excluding carboxylic acids is 2. The van der Waals surface area contributed by atoms with Crippen LogP contribution in [0.15, 0.2) is 85.0 Å². The maximum Gasteiger partial charge on any atom is 0.317 e. The Kier molecular flexibility index (Phi) is 9.20. The van der Waals surface area contributed by atoms with Crippen LogP contribution in [0.2, 0.25) is 0 Å². The van der Waals surface area contributed by atoms with Crippen molar-refractivity contribution in [1.29, 1.82) is 0 Å². The van der Waals surface area contributed by atoms with Gasteiger partial charge in [0.1, 0.15) is 59.2 Å². The molecule has 4 aromatic rings. The second kappa shape index (κ2) is 15.0. The first-order chi connectivity index (χ1) is 30.2. The van der Waals surface area contributed by atoms with Gasteiger partial charge in [0.15, 0.2) is 0 Å². The summed E-state index contributed by atoms with van der Waals surface area (Å²) in [6.07, 6.45) is 14.6. The Hall–Kier alpha value is -6.82. The fourth-order valence-electron chi connectivity index (χ4n) is 9.71. The monoisotopic (exact) mass is 836 g/mol. The highest BCUT2D eigenvalue weighted by Crippen LogP contribution is 2.54. The zero-order valence-corrected chi connectivity index (χ0v) is 34.7. The quantitative estimate of drug-likeness (QED) is 0.172. The summed E-state index contributed by atoms with van der Waals surface area (Å²) in [5.74, 6) is 1.70. The zero-order valence-electron chi connectivity index (χ0n) is 34.7. The zero-order chi connectivity index (χ0) is 42.2. The van der Waals surface area contributed by atoms with Crippen LogP contribution in [-0.2, 0) is 32.3 Å². The van der Waals surface area contributed by atoms with Crippen LogP contribution in [0.5, 0.6) is 46.0 Å². The van der Waals surface area contributed by atoms with Crippen LogP contribution in [0, 0.1) is 11.8 Å². The predicted octanol–water partition coefficient (Wildman–Crippen LogP) is 9.09. The van der Waals surface area contributed by atoms with Crippen LogP contribution >= 0.6 is 0 Å². The van der Waals surface area contributed by atoms with Gasteiger partial charge in [-0.05, 0) is 24.3 Å². The number of esters is 2. The Balaban J connectivity index is 1.15. The van der Waals surface area contributed by atoms with E-state index in [1.165, 1.54) is 0 Å². The Labute approximate surface area is 358 Å². The molecule has 11 rings (SSSR count). The molecule has 4 aliphatic heterocycles. The van der Waals surface area contributed by atoms with E-state index < -0.39 is 11.8 Å². The van der Waals surface area contributed by atoms with Crippen molar-refractivity contribution in [3.8, 4) is 46.0 Å². The van der Waals surface area contributed by atoms with Gasteiger partial charge in [-0.2, -0.15) is 0 Å². The topological polar surface area (TPSA) is 126 Å². The second-order valence-electron chi connectivity index (χ2n) is 16.6. The molecule has 7 aliphatic rings. The van der Waals surface area contributed by atoms with E-state index in [4.69, 9.17) is 47.4 Å². The molecule has 0 amide bonds. The molecular weight excluding hydrogens is 793 g/mol. The molecular formula is C50H44O12. The van der Waals surface area contributed by atoms with Gasteiger partial charge in [0.05, 0.1) is 23.0 Å². The van der Waals surface area contributed by atoms with Crippen LogP contribution in [0.4, 0.5) is 0 Å². The molecule has 12 heteroatoms. The summed E-state index contributed by atoms with van der Waals surface area (Å²) in [6.45, 7) is 7.76. The first-order valence-corrected chi connectivity index (χ1v) is 21.0. The molecule has 0 unspecified atom stereocenters. The van der Waals surface area contributed by atoms with E-state index in [1.807, 2.05) is 36.4 Å². The highest BCUT2D eigenvalue weighted by molar-refractivity contribution is 5.79. The van der Waals surface area contributed by atoms with E-state index in [2.05, 4.69) is 52.0 Å². The third-order valence-electron chi connectivity index (χ3n) is 13.2. The summed E-state index contributed by atoms with van der Waals surface area (Å²) >= 11 is 0. The number of allylic oxidation sites excluding steroid dienone is 4. The molecule has 3 aliphatic carbocycles. The van der Waals surface area contributed by atoms with Gasteiger partial charge >= 0.3 is 11.9 Å².